The highest BCUT2D eigenvalue weighted by Crippen LogP contribution is 2.33. The SMILES string of the molecule is C=CCN1C(=O)S/C(=C/c2cc(C)n(-c3ccc(C#N)cc3)c2C)C1=O. The van der Waals surface area contributed by atoms with Crippen molar-refractivity contribution in [3.05, 3.63) is 70.4 Å². The third kappa shape index (κ3) is 3.09. The molecule has 1 aromatic carbocycles. The van der Waals surface area contributed by atoms with Gasteiger partial charge in [0.05, 0.1) is 16.5 Å². The smallest absolute Gasteiger partial charge is 0.293 e. The van der Waals surface area contributed by atoms with Gasteiger partial charge in [0.15, 0.2) is 0 Å². The number of rotatable bonds is 4. The lowest BCUT2D eigenvalue weighted by Gasteiger charge is -2.09. The van der Waals surface area contributed by atoms with Gasteiger partial charge in [-0.15, -0.1) is 6.58 Å². The van der Waals surface area contributed by atoms with Crippen molar-refractivity contribution >= 4 is 29.0 Å². The monoisotopic (exact) mass is 363 g/mol. The van der Waals surface area contributed by atoms with Crippen LogP contribution in [-0.4, -0.2) is 27.2 Å². The number of thioether (sulfide) groups is 1. The number of hydrogen-bond acceptors (Lipinski definition) is 4. The van der Waals surface area contributed by atoms with E-state index in [9.17, 15) is 9.59 Å². The Morgan fingerprint density at radius 3 is 2.54 bits per heavy atom. The molecule has 0 bridgehead atoms. The number of benzene rings is 1. The van der Waals surface area contributed by atoms with E-state index < -0.39 is 0 Å². The standard InChI is InChI=1S/C20H17N3O2S/c1-4-9-22-19(24)18(26-20(22)25)11-16-10-13(2)23(14(16)3)17-7-5-15(12-21)6-8-17/h4-8,10-11H,1,9H2,2-3H3/b18-11+. The third-order valence-electron chi connectivity index (χ3n) is 4.20. The van der Waals surface area contributed by atoms with E-state index in [2.05, 4.69) is 17.2 Å². The lowest BCUT2D eigenvalue weighted by atomic mass is 10.2. The first kappa shape index (κ1) is 17.8. The average molecular weight is 363 g/mol. The van der Waals surface area contributed by atoms with Crippen LogP contribution in [0.4, 0.5) is 4.79 Å². The van der Waals surface area contributed by atoms with Crippen molar-refractivity contribution in [1.82, 2.24) is 9.47 Å². The minimum absolute atomic E-state index is 0.215. The number of nitrogens with zero attached hydrogens (tertiary/aromatic N) is 3. The molecule has 1 aromatic heterocycles. The van der Waals surface area contributed by atoms with Crippen LogP contribution in [0, 0.1) is 25.2 Å². The predicted molar refractivity (Wildman–Crippen MR) is 103 cm³/mol. The normalized spacial score (nSPS) is 15.6. The summed E-state index contributed by atoms with van der Waals surface area (Å²) in [5.74, 6) is -0.289. The van der Waals surface area contributed by atoms with Crippen molar-refractivity contribution in [1.29, 1.82) is 5.26 Å². The summed E-state index contributed by atoms with van der Waals surface area (Å²) in [5, 5.41) is 8.67. The molecule has 0 atom stereocenters. The Hall–Kier alpha value is -3.04. The number of amides is 2. The van der Waals surface area contributed by atoms with Crippen LogP contribution in [0.1, 0.15) is 22.5 Å². The van der Waals surface area contributed by atoms with E-state index in [0.717, 1.165) is 34.4 Å². The Labute approximate surface area is 156 Å². The van der Waals surface area contributed by atoms with Gasteiger partial charge in [0, 0.05) is 23.6 Å². The Morgan fingerprint density at radius 1 is 1.23 bits per heavy atom. The van der Waals surface area contributed by atoms with E-state index in [1.807, 2.05) is 32.0 Å². The fourth-order valence-corrected chi connectivity index (χ4v) is 3.78. The highest BCUT2D eigenvalue weighted by atomic mass is 32.2. The molecule has 0 N–H and O–H groups in total. The average Bonchev–Trinajstić information content (AvgIpc) is 3.05. The maximum atomic E-state index is 12.4. The molecule has 0 spiro atoms. The van der Waals surface area contributed by atoms with E-state index in [0.29, 0.717) is 10.5 Å². The summed E-state index contributed by atoms with van der Waals surface area (Å²) >= 11 is 0.947. The summed E-state index contributed by atoms with van der Waals surface area (Å²) < 4.78 is 2.06. The van der Waals surface area contributed by atoms with Crippen molar-refractivity contribution in [3.63, 3.8) is 0 Å². The second-order valence-electron chi connectivity index (χ2n) is 5.90. The van der Waals surface area contributed by atoms with Crippen LogP contribution in [0.25, 0.3) is 11.8 Å². The first-order valence-corrected chi connectivity index (χ1v) is 8.83. The van der Waals surface area contributed by atoms with Gasteiger partial charge in [-0.05, 0) is 67.6 Å². The van der Waals surface area contributed by atoms with E-state index in [1.54, 1.807) is 18.2 Å². The number of nitriles is 1. The summed E-state index contributed by atoms with van der Waals surface area (Å²) in [6.07, 6.45) is 3.30. The number of aryl methyl sites for hydroxylation is 1. The molecule has 1 aliphatic rings. The molecule has 2 aromatic rings. The Morgan fingerprint density at radius 2 is 1.92 bits per heavy atom. The molecule has 26 heavy (non-hydrogen) atoms. The first-order valence-electron chi connectivity index (χ1n) is 8.02. The van der Waals surface area contributed by atoms with Crippen LogP contribution in [0.3, 0.4) is 0 Å². The van der Waals surface area contributed by atoms with Crippen LogP contribution in [0.2, 0.25) is 0 Å². The largest absolute Gasteiger partial charge is 0.318 e. The molecule has 1 saturated heterocycles. The van der Waals surface area contributed by atoms with Crippen molar-refractivity contribution in [2.24, 2.45) is 0 Å². The molecule has 1 aliphatic heterocycles. The van der Waals surface area contributed by atoms with Gasteiger partial charge in [0.2, 0.25) is 0 Å². The lowest BCUT2D eigenvalue weighted by Crippen LogP contribution is -2.27. The predicted octanol–water partition coefficient (Wildman–Crippen LogP) is 4.19. The van der Waals surface area contributed by atoms with Crippen LogP contribution in [0.15, 0.2) is 47.9 Å². The zero-order valence-corrected chi connectivity index (χ0v) is 15.3. The van der Waals surface area contributed by atoms with Crippen molar-refractivity contribution in [2.75, 3.05) is 6.54 Å². The van der Waals surface area contributed by atoms with Crippen LogP contribution < -0.4 is 0 Å². The Kier molecular flexibility index (Phi) is 4.83. The molecule has 5 nitrogen and oxygen atoms in total. The summed E-state index contributed by atoms with van der Waals surface area (Å²) in [6, 6.07) is 11.4. The molecule has 0 saturated carbocycles. The third-order valence-corrected chi connectivity index (χ3v) is 5.10. The molecule has 0 aliphatic carbocycles. The molecule has 2 heterocycles. The van der Waals surface area contributed by atoms with Gasteiger partial charge in [0.1, 0.15) is 0 Å². The van der Waals surface area contributed by atoms with Crippen LogP contribution in [-0.2, 0) is 4.79 Å². The fourth-order valence-electron chi connectivity index (χ4n) is 2.94. The minimum Gasteiger partial charge on any atom is -0.318 e. The van der Waals surface area contributed by atoms with Crippen LogP contribution in [0.5, 0.6) is 0 Å². The van der Waals surface area contributed by atoms with Gasteiger partial charge in [-0.1, -0.05) is 6.08 Å². The molecular formula is C20H17N3O2S. The summed E-state index contributed by atoms with van der Waals surface area (Å²) in [5.41, 5.74) is 4.40. The van der Waals surface area contributed by atoms with Gasteiger partial charge in [0.25, 0.3) is 11.1 Å². The number of carbonyl (C=O) groups excluding carboxylic acids is 2. The zero-order chi connectivity index (χ0) is 18.8. The molecule has 6 heteroatoms. The highest BCUT2D eigenvalue weighted by Gasteiger charge is 2.34. The second kappa shape index (κ2) is 7.06. The Balaban J connectivity index is 1.98. The molecule has 3 rings (SSSR count). The quantitative estimate of drug-likeness (QED) is 0.603. The number of hydrogen-bond donors (Lipinski definition) is 0. The first-order chi connectivity index (χ1) is 12.5. The maximum Gasteiger partial charge on any atom is 0.293 e. The maximum absolute atomic E-state index is 12.4. The molecule has 1 fully saturated rings. The number of imide groups is 1. The lowest BCUT2D eigenvalue weighted by molar-refractivity contribution is -0.122. The van der Waals surface area contributed by atoms with Crippen molar-refractivity contribution in [3.8, 4) is 11.8 Å². The topological polar surface area (TPSA) is 66.1 Å². The fraction of sp³-hybridized carbons (Fsp3) is 0.150. The molecule has 0 radical (unpaired) electrons. The highest BCUT2D eigenvalue weighted by molar-refractivity contribution is 8.18. The zero-order valence-electron chi connectivity index (χ0n) is 14.5. The van der Waals surface area contributed by atoms with Gasteiger partial charge in [-0.3, -0.25) is 14.5 Å². The van der Waals surface area contributed by atoms with E-state index in [4.69, 9.17) is 5.26 Å². The van der Waals surface area contributed by atoms with E-state index >= 15 is 0 Å². The second-order valence-corrected chi connectivity index (χ2v) is 6.89. The van der Waals surface area contributed by atoms with E-state index in [1.165, 1.54) is 11.0 Å². The van der Waals surface area contributed by atoms with Crippen LogP contribution >= 0.6 is 11.8 Å². The summed E-state index contributed by atoms with van der Waals surface area (Å²) in [6.45, 7) is 7.73. The Bertz CT molecular complexity index is 978. The minimum atomic E-state index is -0.289. The molecule has 0 unspecified atom stereocenters. The van der Waals surface area contributed by atoms with Gasteiger partial charge in [-0.25, -0.2) is 0 Å². The number of carbonyl (C=O) groups is 2. The summed E-state index contributed by atoms with van der Waals surface area (Å²) in [4.78, 5) is 25.9. The summed E-state index contributed by atoms with van der Waals surface area (Å²) in [7, 11) is 0. The van der Waals surface area contributed by atoms with Gasteiger partial charge < -0.3 is 4.57 Å². The van der Waals surface area contributed by atoms with Crippen molar-refractivity contribution < 1.29 is 9.59 Å². The van der Waals surface area contributed by atoms with Crippen molar-refractivity contribution in [2.45, 2.75) is 13.8 Å². The van der Waals surface area contributed by atoms with Gasteiger partial charge >= 0.3 is 0 Å². The number of aromatic nitrogens is 1. The molecular weight excluding hydrogens is 346 g/mol. The molecule has 2 amide bonds. The van der Waals surface area contributed by atoms with Gasteiger partial charge in [-0.2, -0.15) is 5.26 Å². The molecule has 130 valence electrons. The van der Waals surface area contributed by atoms with E-state index in [-0.39, 0.29) is 17.7 Å².